The van der Waals surface area contributed by atoms with Crippen LogP contribution in [-0.2, 0) is 6.54 Å². The van der Waals surface area contributed by atoms with Gasteiger partial charge in [0, 0.05) is 22.3 Å². The van der Waals surface area contributed by atoms with Gasteiger partial charge in [0.25, 0.3) is 0 Å². The van der Waals surface area contributed by atoms with Crippen molar-refractivity contribution in [2.45, 2.75) is 13.5 Å². The number of terminal acetylenes is 1. The van der Waals surface area contributed by atoms with Crippen LogP contribution in [0.15, 0.2) is 40.9 Å². The molecule has 0 heterocycles. The molecule has 2 aromatic rings. The minimum atomic E-state index is -0.237. The average Bonchev–Trinajstić information content (AvgIpc) is 2.45. The van der Waals surface area contributed by atoms with Gasteiger partial charge in [0.15, 0.2) is 0 Å². The van der Waals surface area contributed by atoms with E-state index in [1.807, 2.05) is 25.1 Å². The highest BCUT2D eigenvalue weighted by Gasteiger charge is 2.06. The summed E-state index contributed by atoms with van der Waals surface area (Å²) >= 11 is 3.44. The van der Waals surface area contributed by atoms with Gasteiger partial charge in [-0.3, -0.25) is 0 Å². The first-order valence-electron chi connectivity index (χ1n) is 6.45. The number of nitrogens with one attached hydrogen (secondary N) is 1. The second-order valence-corrected chi connectivity index (χ2v) is 5.47. The summed E-state index contributed by atoms with van der Waals surface area (Å²) in [5.41, 5.74) is 2.72. The van der Waals surface area contributed by atoms with Gasteiger partial charge in [0.1, 0.15) is 18.2 Å². The summed E-state index contributed by atoms with van der Waals surface area (Å²) in [6, 6.07) is 10.4. The summed E-state index contributed by atoms with van der Waals surface area (Å²) in [4.78, 5) is 0. The van der Waals surface area contributed by atoms with Crippen LogP contribution in [0, 0.1) is 25.1 Å². The molecule has 0 bridgehead atoms. The van der Waals surface area contributed by atoms with Crippen molar-refractivity contribution in [3.8, 4) is 18.1 Å². The van der Waals surface area contributed by atoms with Gasteiger partial charge in [-0.25, -0.2) is 4.39 Å². The number of hydrogen-bond acceptors (Lipinski definition) is 2. The van der Waals surface area contributed by atoms with Crippen LogP contribution in [0.3, 0.4) is 0 Å². The quantitative estimate of drug-likeness (QED) is 0.802. The second-order valence-electron chi connectivity index (χ2n) is 4.56. The third-order valence-corrected chi connectivity index (χ3v) is 3.48. The monoisotopic (exact) mass is 347 g/mol. The molecular formula is C17H15BrFNO. The van der Waals surface area contributed by atoms with Crippen LogP contribution in [0.1, 0.15) is 11.1 Å². The maximum atomic E-state index is 13.1. The van der Waals surface area contributed by atoms with E-state index in [-0.39, 0.29) is 12.4 Å². The van der Waals surface area contributed by atoms with Crippen LogP contribution in [-0.4, -0.2) is 6.61 Å². The molecule has 1 N–H and O–H groups in total. The molecule has 2 nitrogen and oxygen atoms in total. The fourth-order valence-electron chi connectivity index (χ4n) is 1.96. The molecule has 108 valence electrons. The lowest BCUT2D eigenvalue weighted by atomic mass is 10.1. The van der Waals surface area contributed by atoms with E-state index < -0.39 is 0 Å². The molecule has 0 spiro atoms. The molecule has 0 atom stereocenters. The standard InChI is InChI=1S/C17H15BrFNO/c1-3-8-21-17-7-4-14(18)10-13(17)11-20-16-6-5-15(19)9-12(16)2/h1,4-7,9-10,20H,8,11H2,2H3. The Balaban J connectivity index is 2.15. The predicted octanol–water partition coefficient (Wildman–Crippen LogP) is 4.52. The lowest BCUT2D eigenvalue weighted by Crippen LogP contribution is -2.05. The number of aryl methyl sites for hydroxylation is 1. The Morgan fingerprint density at radius 1 is 1.29 bits per heavy atom. The first-order chi connectivity index (χ1) is 10.1. The normalized spacial score (nSPS) is 10.0. The molecule has 0 aliphatic heterocycles. The van der Waals surface area contributed by atoms with E-state index in [0.29, 0.717) is 6.54 Å². The van der Waals surface area contributed by atoms with Crippen molar-refractivity contribution in [1.29, 1.82) is 0 Å². The van der Waals surface area contributed by atoms with Crippen molar-refractivity contribution >= 4 is 21.6 Å². The summed E-state index contributed by atoms with van der Waals surface area (Å²) in [7, 11) is 0. The molecule has 0 unspecified atom stereocenters. The topological polar surface area (TPSA) is 21.3 Å². The summed E-state index contributed by atoms with van der Waals surface area (Å²) in [6.45, 7) is 2.65. The zero-order chi connectivity index (χ0) is 15.2. The van der Waals surface area contributed by atoms with Gasteiger partial charge < -0.3 is 10.1 Å². The molecule has 0 aromatic heterocycles. The smallest absolute Gasteiger partial charge is 0.148 e. The van der Waals surface area contributed by atoms with E-state index in [2.05, 4.69) is 27.2 Å². The van der Waals surface area contributed by atoms with Crippen LogP contribution in [0.25, 0.3) is 0 Å². The van der Waals surface area contributed by atoms with Gasteiger partial charge in [-0.15, -0.1) is 6.42 Å². The molecule has 0 radical (unpaired) electrons. The summed E-state index contributed by atoms with van der Waals surface area (Å²) < 4.78 is 19.6. The van der Waals surface area contributed by atoms with E-state index in [9.17, 15) is 4.39 Å². The molecule has 2 aromatic carbocycles. The van der Waals surface area contributed by atoms with E-state index in [0.717, 1.165) is 27.0 Å². The summed E-state index contributed by atoms with van der Waals surface area (Å²) in [5.74, 6) is 2.95. The number of hydrogen-bond donors (Lipinski definition) is 1. The van der Waals surface area contributed by atoms with Crippen molar-refractivity contribution in [3.63, 3.8) is 0 Å². The molecule has 0 amide bonds. The summed E-state index contributed by atoms with van der Waals surface area (Å²) in [6.07, 6.45) is 5.22. The van der Waals surface area contributed by atoms with Gasteiger partial charge in [-0.05, 0) is 48.9 Å². The van der Waals surface area contributed by atoms with Crippen LogP contribution >= 0.6 is 15.9 Å². The Morgan fingerprint density at radius 3 is 2.81 bits per heavy atom. The first-order valence-corrected chi connectivity index (χ1v) is 7.24. The zero-order valence-electron chi connectivity index (χ0n) is 11.6. The van der Waals surface area contributed by atoms with E-state index in [1.165, 1.54) is 12.1 Å². The molecule has 0 saturated heterocycles. The zero-order valence-corrected chi connectivity index (χ0v) is 13.2. The molecule has 0 aliphatic carbocycles. The van der Waals surface area contributed by atoms with Gasteiger partial charge in [-0.1, -0.05) is 21.9 Å². The Bertz CT molecular complexity index is 679. The second kappa shape index (κ2) is 7.14. The third-order valence-electron chi connectivity index (χ3n) is 2.99. The van der Waals surface area contributed by atoms with Crippen LogP contribution in [0.5, 0.6) is 5.75 Å². The average molecular weight is 348 g/mol. The molecule has 0 saturated carbocycles. The highest BCUT2D eigenvalue weighted by Crippen LogP contribution is 2.25. The van der Waals surface area contributed by atoms with Gasteiger partial charge >= 0.3 is 0 Å². The van der Waals surface area contributed by atoms with Crippen molar-refractivity contribution in [2.24, 2.45) is 0 Å². The minimum Gasteiger partial charge on any atom is -0.481 e. The Labute approximate surface area is 132 Å². The van der Waals surface area contributed by atoms with E-state index in [4.69, 9.17) is 11.2 Å². The van der Waals surface area contributed by atoms with Gasteiger partial charge in [-0.2, -0.15) is 0 Å². The molecule has 0 fully saturated rings. The Hall–Kier alpha value is -1.99. The largest absolute Gasteiger partial charge is 0.481 e. The number of halogens is 2. The van der Waals surface area contributed by atoms with Crippen molar-refractivity contribution in [2.75, 3.05) is 11.9 Å². The van der Waals surface area contributed by atoms with Crippen molar-refractivity contribution in [1.82, 2.24) is 0 Å². The minimum absolute atomic E-state index is 0.226. The fraction of sp³-hybridized carbons (Fsp3) is 0.176. The first kappa shape index (κ1) is 15.4. The molecule has 0 aliphatic rings. The summed E-state index contributed by atoms with van der Waals surface area (Å²) in [5, 5.41) is 3.28. The SMILES string of the molecule is C#CCOc1ccc(Br)cc1CNc1ccc(F)cc1C. The molecule has 4 heteroatoms. The lowest BCUT2D eigenvalue weighted by molar-refractivity contribution is 0.366. The van der Waals surface area contributed by atoms with E-state index >= 15 is 0 Å². The maximum absolute atomic E-state index is 13.1. The molecule has 21 heavy (non-hydrogen) atoms. The van der Waals surface area contributed by atoms with Gasteiger partial charge in [0.2, 0.25) is 0 Å². The highest BCUT2D eigenvalue weighted by molar-refractivity contribution is 9.10. The number of rotatable bonds is 5. The predicted molar refractivity (Wildman–Crippen MR) is 86.9 cm³/mol. The number of benzene rings is 2. The van der Waals surface area contributed by atoms with Crippen molar-refractivity contribution < 1.29 is 9.13 Å². The van der Waals surface area contributed by atoms with Crippen LogP contribution < -0.4 is 10.1 Å². The molecular weight excluding hydrogens is 333 g/mol. The van der Waals surface area contributed by atoms with Crippen LogP contribution in [0.4, 0.5) is 10.1 Å². The number of ether oxygens (including phenoxy) is 1. The number of anilines is 1. The molecule has 2 rings (SSSR count). The fourth-order valence-corrected chi connectivity index (χ4v) is 2.37. The Kier molecular flexibility index (Phi) is 5.24. The lowest BCUT2D eigenvalue weighted by Gasteiger charge is -2.13. The van der Waals surface area contributed by atoms with Crippen LogP contribution in [0.2, 0.25) is 0 Å². The van der Waals surface area contributed by atoms with Gasteiger partial charge in [0.05, 0.1) is 0 Å². The van der Waals surface area contributed by atoms with E-state index in [1.54, 1.807) is 6.07 Å². The highest BCUT2D eigenvalue weighted by atomic mass is 79.9. The van der Waals surface area contributed by atoms with Crippen molar-refractivity contribution in [3.05, 3.63) is 57.8 Å². The Morgan fingerprint density at radius 2 is 2.10 bits per heavy atom. The third kappa shape index (κ3) is 4.24. The maximum Gasteiger partial charge on any atom is 0.148 e.